The van der Waals surface area contributed by atoms with E-state index < -0.39 is 6.10 Å². The quantitative estimate of drug-likeness (QED) is 0.792. The van der Waals surface area contributed by atoms with Crippen molar-refractivity contribution in [3.8, 4) is 0 Å². The Morgan fingerprint density at radius 1 is 1.36 bits per heavy atom. The van der Waals surface area contributed by atoms with Crippen molar-refractivity contribution in [3.63, 3.8) is 0 Å². The van der Waals surface area contributed by atoms with Gasteiger partial charge >= 0.3 is 0 Å². The molecule has 2 aromatic rings. The molecule has 1 aromatic carbocycles. The number of hydrogen-bond acceptors (Lipinski definition) is 5. The highest BCUT2D eigenvalue weighted by Gasteiger charge is 2.42. The van der Waals surface area contributed by atoms with E-state index in [2.05, 4.69) is 10.3 Å². The molecule has 0 radical (unpaired) electrons. The SMILES string of the molecule is Cc1nc2cc(C(=O)N(C)[C@@H]3CC[C@@H](N4CCNC(=O)C4)[C@@H]3O)ccc2n1C. The summed E-state index contributed by atoms with van der Waals surface area (Å²) in [7, 11) is 3.70. The van der Waals surface area contributed by atoms with Crippen molar-refractivity contribution >= 4 is 22.8 Å². The number of nitrogens with one attached hydrogen (secondary N) is 1. The molecule has 1 aliphatic heterocycles. The lowest BCUT2D eigenvalue weighted by atomic mass is 10.1. The number of nitrogens with zero attached hydrogens (tertiary/aromatic N) is 4. The zero-order valence-electron chi connectivity index (χ0n) is 16.6. The van der Waals surface area contributed by atoms with Crippen LogP contribution >= 0.6 is 0 Å². The van der Waals surface area contributed by atoms with E-state index in [1.807, 2.05) is 41.6 Å². The first-order valence-corrected chi connectivity index (χ1v) is 9.76. The molecule has 3 atom stereocenters. The minimum absolute atomic E-state index is 0.00899. The van der Waals surface area contributed by atoms with Crippen molar-refractivity contribution in [3.05, 3.63) is 29.6 Å². The van der Waals surface area contributed by atoms with E-state index >= 15 is 0 Å². The number of carbonyl (C=O) groups excluding carboxylic acids is 2. The Morgan fingerprint density at radius 3 is 2.89 bits per heavy atom. The maximum Gasteiger partial charge on any atom is 0.254 e. The Hall–Kier alpha value is -2.45. The molecule has 4 rings (SSSR count). The topological polar surface area (TPSA) is 90.7 Å². The molecule has 2 heterocycles. The smallest absolute Gasteiger partial charge is 0.254 e. The van der Waals surface area contributed by atoms with Gasteiger partial charge in [0.05, 0.1) is 29.7 Å². The van der Waals surface area contributed by atoms with E-state index in [1.165, 1.54) is 0 Å². The average molecular weight is 385 g/mol. The van der Waals surface area contributed by atoms with Crippen molar-refractivity contribution in [1.29, 1.82) is 0 Å². The Kier molecular flexibility index (Phi) is 4.84. The molecule has 2 amide bonds. The number of aliphatic hydroxyl groups is 1. The van der Waals surface area contributed by atoms with Gasteiger partial charge in [-0.05, 0) is 38.0 Å². The Balaban J connectivity index is 1.50. The van der Waals surface area contributed by atoms with Crippen molar-refractivity contribution in [1.82, 2.24) is 24.7 Å². The molecule has 2 N–H and O–H groups in total. The summed E-state index contributed by atoms with van der Waals surface area (Å²) in [6.07, 6.45) is 0.826. The van der Waals surface area contributed by atoms with Crippen LogP contribution in [0.4, 0.5) is 0 Å². The zero-order chi connectivity index (χ0) is 20.0. The van der Waals surface area contributed by atoms with Crippen LogP contribution in [-0.4, -0.2) is 81.1 Å². The summed E-state index contributed by atoms with van der Waals surface area (Å²) < 4.78 is 1.99. The molecule has 1 saturated carbocycles. The van der Waals surface area contributed by atoms with Crippen LogP contribution in [0.3, 0.4) is 0 Å². The second-order valence-electron chi connectivity index (χ2n) is 7.86. The molecule has 8 nitrogen and oxygen atoms in total. The molecule has 28 heavy (non-hydrogen) atoms. The lowest BCUT2D eigenvalue weighted by molar-refractivity contribution is -0.125. The number of likely N-dealkylation sites (N-methyl/N-ethyl adjacent to an activating group) is 1. The summed E-state index contributed by atoms with van der Waals surface area (Å²) in [4.78, 5) is 32.9. The van der Waals surface area contributed by atoms with Crippen LogP contribution in [0.5, 0.6) is 0 Å². The maximum atomic E-state index is 13.1. The number of piperazine rings is 1. The minimum atomic E-state index is -0.666. The molecule has 0 bridgehead atoms. The van der Waals surface area contributed by atoms with Gasteiger partial charge in [0.2, 0.25) is 5.91 Å². The standard InChI is InChI=1S/C20H27N5O3/c1-12-22-14-10-13(4-5-15(14)23(12)2)20(28)24(3)16-6-7-17(19(16)27)25-9-8-21-18(26)11-25/h4-5,10,16-17,19,27H,6-9,11H2,1-3H3,(H,21,26)/t16-,17-,19-/m1/s1. The predicted molar refractivity (Wildman–Crippen MR) is 105 cm³/mol. The van der Waals surface area contributed by atoms with Gasteiger partial charge in [-0.1, -0.05) is 0 Å². The van der Waals surface area contributed by atoms with Crippen molar-refractivity contribution in [2.45, 2.75) is 38.0 Å². The zero-order valence-corrected chi connectivity index (χ0v) is 16.6. The van der Waals surface area contributed by atoms with Crippen LogP contribution in [0.25, 0.3) is 11.0 Å². The molecular formula is C20H27N5O3. The summed E-state index contributed by atoms with van der Waals surface area (Å²) in [5.74, 6) is 0.768. The van der Waals surface area contributed by atoms with Gasteiger partial charge in [0.25, 0.3) is 5.91 Å². The molecule has 0 unspecified atom stereocenters. The Bertz CT molecular complexity index is 924. The van der Waals surface area contributed by atoms with Gasteiger partial charge < -0.3 is 19.9 Å². The monoisotopic (exact) mass is 385 g/mol. The largest absolute Gasteiger partial charge is 0.389 e. The Morgan fingerprint density at radius 2 is 2.14 bits per heavy atom. The third kappa shape index (κ3) is 3.16. The molecule has 2 aliphatic rings. The number of benzene rings is 1. The van der Waals surface area contributed by atoms with Crippen LogP contribution in [0.15, 0.2) is 18.2 Å². The fourth-order valence-corrected chi connectivity index (χ4v) is 4.51. The van der Waals surface area contributed by atoms with Gasteiger partial charge in [-0.15, -0.1) is 0 Å². The molecule has 2 fully saturated rings. The fourth-order valence-electron chi connectivity index (χ4n) is 4.51. The third-order valence-corrected chi connectivity index (χ3v) is 6.25. The van der Waals surface area contributed by atoms with Crippen molar-refractivity contribution < 1.29 is 14.7 Å². The molecule has 1 aromatic heterocycles. The molecule has 1 saturated heterocycles. The Labute approximate surface area is 164 Å². The summed E-state index contributed by atoms with van der Waals surface area (Å²) in [5.41, 5.74) is 2.35. The van der Waals surface area contributed by atoms with Gasteiger partial charge in [-0.2, -0.15) is 0 Å². The van der Waals surface area contributed by atoms with E-state index in [9.17, 15) is 14.7 Å². The molecule has 150 valence electrons. The van der Waals surface area contributed by atoms with Gasteiger partial charge in [-0.25, -0.2) is 4.98 Å². The number of fused-ring (bicyclic) bond motifs is 1. The molecular weight excluding hydrogens is 358 g/mol. The van der Waals surface area contributed by atoms with Gasteiger partial charge in [0.15, 0.2) is 0 Å². The van der Waals surface area contributed by atoms with Gasteiger partial charge in [0, 0.05) is 38.8 Å². The highest BCUT2D eigenvalue weighted by Crippen LogP contribution is 2.29. The number of amides is 2. The maximum absolute atomic E-state index is 13.1. The van der Waals surface area contributed by atoms with E-state index in [0.717, 1.165) is 36.2 Å². The average Bonchev–Trinajstić information content (AvgIpc) is 3.20. The fraction of sp³-hybridized carbons (Fsp3) is 0.550. The summed E-state index contributed by atoms with van der Waals surface area (Å²) >= 11 is 0. The summed E-state index contributed by atoms with van der Waals surface area (Å²) in [5, 5.41) is 13.7. The number of aliphatic hydroxyl groups excluding tert-OH is 1. The summed E-state index contributed by atoms with van der Waals surface area (Å²) in [6.45, 7) is 3.57. The highest BCUT2D eigenvalue weighted by atomic mass is 16.3. The molecule has 1 aliphatic carbocycles. The lowest BCUT2D eigenvalue weighted by Crippen LogP contribution is -2.55. The first kappa shape index (κ1) is 18.9. The van der Waals surface area contributed by atoms with Gasteiger partial charge in [0.1, 0.15) is 5.82 Å². The number of carbonyl (C=O) groups is 2. The van der Waals surface area contributed by atoms with Crippen LogP contribution in [0, 0.1) is 6.92 Å². The van der Waals surface area contributed by atoms with Crippen molar-refractivity contribution in [2.24, 2.45) is 7.05 Å². The number of imidazole rings is 1. The van der Waals surface area contributed by atoms with Gasteiger partial charge in [-0.3, -0.25) is 14.5 Å². The van der Waals surface area contributed by atoms with Crippen LogP contribution in [0.2, 0.25) is 0 Å². The van der Waals surface area contributed by atoms with E-state index in [1.54, 1.807) is 11.9 Å². The van der Waals surface area contributed by atoms with Crippen molar-refractivity contribution in [2.75, 3.05) is 26.7 Å². The number of hydrogen-bond donors (Lipinski definition) is 2. The minimum Gasteiger partial charge on any atom is -0.389 e. The highest BCUT2D eigenvalue weighted by molar-refractivity contribution is 5.97. The first-order valence-electron chi connectivity index (χ1n) is 9.76. The van der Waals surface area contributed by atoms with E-state index in [0.29, 0.717) is 18.7 Å². The predicted octanol–water partition coefficient (Wildman–Crippen LogP) is 0.277. The third-order valence-electron chi connectivity index (χ3n) is 6.25. The molecule has 8 heteroatoms. The van der Waals surface area contributed by atoms with E-state index in [-0.39, 0.29) is 23.9 Å². The second-order valence-corrected chi connectivity index (χ2v) is 7.86. The number of aryl methyl sites for hydroxylation is 2. The summed E-state index contributed by atoms with van der Waals surface area (Å²) in [6, 6.07) is 5.19. The lowest BCUT2D eigenvalue weighted by Gasteiger charge is -2.35. The number of rotatable bonds is 3. The second kappa shape index (κ2) is 7.18. The van der Waals surface area contributed by atoms with Crippen LogP contribution in [-0.2, 0) is 11.8 Å². The first-order chi connectivity index (χ1) is 13.4. The van der Waals surface area contributed by atoms with E-state index in [4.69, 9.17) is 0 Å². The number of aromatic nitrogens is 2. The van der Waals surface area contributed by atoms with Crippen LogP contribution in [0.1, 0.15) is 29.0 Å². The normalized spacial score (nSPS) is 25.9. The molecule has 0 spiro atoms. The van der Waals surface area contributed by atoms with Crippen LogP contribution < -0.4 is 5.32 Å².